The van der Waals surface area contributed by atoms with E-state index in [4.69, 9.17) is 23.7 Å². The molecular weight excluding hydrogens is 456 g/mol. The molecule has 9 heteroatoms. The molecule has 2 rings (SSSR count). The molecule has 0 aromatic heterocycles. The first-order chi connectivity index (χ1) is 16.7. The number of aryl methyl sites for hydroxylation is 2. The quantitative estimate of drug-likeness (QED) is 0.402. The highest BCUT2D eigenvalue weighted by Gasteiger charge is 2.22. The maximum atomic E-state index is 11.8. The van der Waals surface area contributed by atoms with Crippen LogP contribution in [0.15, 0.2) is 30.3 Å². The van der Waals surface area contributed by atoms with Crippen LogP contribution in [0.25, 0.3) is 0 Å². The summed E-state index contributed by atoms with van der Waals surface area (Å²) in [5.74, 6) is 0.0370. The number of rotatable bonds is 13. The predicted molar refractivity (Wildman–Crippen MR) is 128 cm³/mol. The number of carbonyl (C=O) groups is 2. The third kappa shape index (κ3) is 8.59. The number of phenols is 2. The highest BCUT2D eigenvalue weighted by atomic mass is 16.6. The van der Waals surface area contributed by atoms with Gasteiger partial charge in [-0.3, -0.25) is 9.59 Å². The smallest absolute Gasteiger partial charge is 0.302 e. The number of methoxy groups -OCH3 is 3. The average Bonchev–Trinajstić information content (AvgIpc) is 2.81. The number of esters is 2. The average molecular weight is 491 g/mol. The number of hydrogen-bond donors (Lipinski definition) is 2. The molecule has 9 nitrogen and oxygen atoms in total. The number of hydrogen-bond acceptors (Lipinski definition) is 9. The van der Waals surface area contributed by atoms with Crippen LogP contribution in [0.4, 0.5) is 0 Å². The largest absolute Gasteiger partial charge is 0.504 e. The zero-order chi connectivity index (χ0) is 26.0. The molecule has 0 saturated carbocycles. The molecule has 2 aromatic carbocycles. The monoisotopic (exact) mass is 490 g/mol. The van der Waals surface area contributed by atoms with Gasteiger partial charge in [-0.15, -0.1) is 0 Å². The summed E-state index contributed by atoms with van der Waals surface area (Å²) in [6, 6.07) is 8.46. The molecule has 0 unspecified atom stereocenters. The molecule has 35 heavy (non-hydrogen) atoms. The number of phenolic OH excluding ortho intramolecular Hbond substituents is 2. The molecule has 0 aliphatic rings. The van der Waals surface area contributed by atoms with Crippen LogP contribution in [0, 0.1) is 0 Å². The Morgan fingerprint density at radius 1 is 0.743 bits per heavy atom. The van der Waals surface area contributed by atoms with E-state index < -0.39 is 24.1 Å². The van der Waals surface area contributed by atoms with Crippen LogP contribution in [0.2, 0.25) is 0 Å². The van der Waals surface area contributed by atoms with Crippen molar-refractivity contribution in [3.63, 3.8) is 0 Å². The molecule has 0 radical (unpaired) electrons. The van der Waals surface area contributed by atoms with Crippen molar-refractivity contribution in [3.8, 4) is 28.7 Å². The van der Waals surface area contributed by atoms with Crippen LogP contribution in [0.3, 0.4) is 0 Å². The summed E-state index contributed by atoms with van der Waals surface area (Å²) in [7, 11) is 4.38. The van der Waals surface area contributed by atoms with Crippen LogP contribution in [-0.2, 0) is 31.9 Å². The van der Waals surface area contributed by atoms with Crippen LogP contribution < -0.4 is 14.2 Å². The van der Waals surface area contributed by atoms with Gasteiger partial charge in [-0.1, -0.05) is 6.07 Å². The van der Waals surface area contributed by atoms with Gasteiger partial charge >= 0.3 is 11.9 Å². The van der Waals surface area contributed by atoms with E-state index in [0.717, 1.165) is 11.1 Å². The Labute approximate surface area is 205 Å². The molecule has 0 bridgehead atoms. The van der Waals surface area contributed by atoms with Crippen LogP contribution in [-0.4, -0.2) is 55.7 Å². The van der Waals surface area contributed by atoms with E-state index in [1.165, 1.54) is 35.2 Å². The zero-order valence-corrected chi connectivity index (χ0v) is 20.8. The Bertz CT molecular complexity index is 977. The van der Waals surface area contributed by atoms with Crippen LogP contribution >= 0.6 is 0 Å². The number of ether oxygens (including phenoxy) is 5. The fourth-order valence-corrected chi connectivity index (χ4v) is 3.84. The van der Waals surface area contributed by atoms with Crippen molar-refractivity contribution in [1.29, 1.82) is 0 Å². The van der Waals surface area contributed by atoms with Gasteiger partial charge in [0.05, 0.1) is 21.3 Å². The molecule has 0 aliphatic carbocycles. The third-order valence-corrected chi connectivity index (χ3v) is 5.48. The van der Waals surface area contributed by atoms with E-state index in [9.17, 15) is 19.8 Å². The van der Waals surface area contributed by atoms with Crippen molar-refractivity contribution >= 4 is 11.9 Å². The molecule has 0 saturated heterocycles. The van der Waals surface area contributed by atoms with Crippen molar-refractivity contribution in [2.75, 3.05) is 21.3 Å². The second-order valence-electron chi connectivity index (χ2n) is 8.13. The second-order valence-corrected chi connectivity index (χ2v) is 8.13. The molecule has 0 heterocycles. The fourth-order valence-electron chi connectivity index (χ4n) is 3.84. The number of aromatic hydroxyl groups is 2. The fraction of sp³-hybridized carbons (Fsp3) is 0.462. The lowest BCUT2D eigenvalue weighted by molar-refractivity contribution is -0.153. The molecule has 2 aromatic rings. The van der Waals surface area contributed by atoms with E-state index >= 15 is 0 Å². The Balaban J connectivity index is 2.12. The van der Waals surface area contributed by atoms with Gasteiger partial charge in [0.25, 0.3) is 0 Å². The molecule has 2 N–H and O–H groups in total. The Kier molecular flexibility index (Phi) is 10.5. The van der Waals surface area contributed by atoms with E-state index in [1.807, 2.05) is 0 Å². The topological polar surface area (TPSA) is 121 Å². The first kappa shape index (κ1) is 27.6. The van der Waals surface area contributed by atoms with Gasteiger partial charge in [0.15, 0.2) is 23.0 Å². The van der Waals surface area contributed by atoms with E-state index in [1.54, 1.807) is 30.3 Å². The van der Waals surface area contributed by atoms with E-state index in [2.05, 4.69) is 0 Å². The minimum Gasteiger partial charge on any atom is -0.504 e. The Hall–Kier alpha value is -3.62. The molecule has 0 aliphatic heterocycles. The lowest BCUT2D eigenvalue weighted by Crippen LogP contribution is -2.27. The molecule has 0 amide bonds. The Morgan fingerprint density at radius 2 is 1.20 bits per heavy atom. The molecule has 0 fully saturated rings. The standard InChI is InChI=1S/C26H34O9/c1-16(27)34-20(9-6-18-8-11-22(29)23(12-18)31-3)15-21(35-17(2)28)10-7-19-13-24(32-4)26(30)25(14-19)33-5/h8,11-14,20-21,29-30H,6-7,9-10,15H2,1-5H3/t20-,21-/m0/s1. The normalized spacial score (nSPS) is 12.4. The van der Waals surface area contributed by atoms with E-state index in [-0.39, 0.29) is 23.0 Å². The third-order valence-electron chi connectivity index (χ3n) is 5.48. The second kappa shape index (κ2) is 13.3. The predicted octanol–water partition coefficient (Wildman–Crippen LogP) is 3.94. The first-order valence-corrected chi connectivity index (χ1v) is 11.3. The van der Waals surface area contributed by atoms with Crippen LogP contribution in [0.5, 0.6) is 28.7 Å². The molecular formula is C26H34O9. The van der Waals surface area contributed by atoms with Gasteiger partial charge in [0.2, 0.25) is 5.75 Å². The van der Waals surface area contributed by atoms with Gasteiger partial charge in [-0.2, -0.15) is 0 Å². The summed E-state index contributed by atoms with van der Waals surface area (Å²) < 4.78 is 26.6. The van der Waals surface area contributed by atoms with Gasteiger partial charge in [-0.05, 0) is 61.1 Å². The van der Waals surface area contributed by atoms with Crippen molar-refractivity contribution in [2.45, 2.75) is 58.2 Å². The summed E-state index contributed by atoms with van der Waals surface area (Å²) in [4.78, 5) is 23.5. The molecule has 0 spiro atoms. The lowest BCUT2D eigenvalue weighted by Gasteiger charge is -2.24. The summed E-state index contributed by atoms with van der Waals surface area (Å²) >= 11 is 0. The van der Waals surface area contributed by atoms with Crippen molar-refractivity contribution < 1.29 is 43.5 Å². The van der Waals surface area contributed by atoms with E-state index in [0.29, 0.717) is 37.9 Å². The van der Waals surface area contributed by atoms with Crippen molar-refractivity contribution in [1.82, 2.24) is 0 Å². The molecule has 192 valence electrons. The minimum atomic E-state index is -0.503. The first-order valence-electron chi connectivity index (χ1n) is 11.3. The van der Waals surface area contributed by atoms with Crippen LogP contribution in [0.1, 0.15) is 44.2 Å². The van der Waals surface area contributed by atoms with Crippen molar-refractivity contribution in [2.24, 2.45) is 0 Å². The number of carbonyl (C=O) groups excluding carboxylic acids is 2. The zero-order valence-electron chi connectivity index (χ0n) is 20.8. The minimum absolute atomic E-state index is 0.0465. The van der Waals surface area contributed by atoms with Gasteiger partial charge in [0, 0.05) is 20.3 Å². The molecule has 2 atom stereocenters. The SMILES string of the molecule is COc1cc(CC[C@@H](C[C@H](CCc2cc(OC)c(O)c(OC)c2)OC(C)=O)OC(C)=O)ccc1O. The highest BCUT2D eigenvalue weighted by Crippen LogP contribution is 2.37. The van der Waals surface area contributed by atoms with Gasteiger partial charge in [-0.25, -0.2) is 0 Å². The van der Waals surface area contributed by atoms with Gasteiger partial charge in [0.1, 0.15) is 12.2 Å². The number of benzene rings is 2. The summed E-state index contributed by atoms with van der Waals surface area (Å²) in [6.45, 7) is 2.68. The van der Waals surface area contributed by atoms with Crippen molar-refractivity contribution in [3.05, 3.63) is 41.5 Å². The maximum absolute atomic E-state index is 11.8. The summed E-state index contributed by atoms with van der Waals surface area (Å²) in [5, 5.41) is 19.9. The highest BCUT2D eigenvalue weighted by molar-refractivity contribution is 5.66. The lowest BCUT2D eigenvalue weighted by atomic mass is 9.98. The Morgan fingerprint density at radius 3 is 1.66 bits per heavy atom. The van der Waals surface area contributed by atoms with Gasteiger partial charge < -0.3 is 33.9 Å². The maximum Gasteiger partial charge on any atom is 0.302 e. The summed E-state index contributed by atoms with van der Waals surface area (Å²) in [5.41, 5.74) is 1.73. The summed E-state index contributed by atoms with van der Waals surface area (Å²) in [6.07, 6.45) is 1.35.